The van der Waals surface area contributed by atoms with Gasteiger partial charge in [-0.3, -0.25) is 0 Å². The maximum atomic E-state index is 12.9. The van der Waals surface area contributed by atoms with Crippen molar-refractivity contribution in [3.05, 3.63) is 129 Å². The summed E-state index contributed by atoms with van der Waals surface area (Å²) in [6, 6.07) is 28.2. The number of carbonyl (C=O) groups is 2. The van der Waals surface area contributed by atoms with Gasteiger partial charge in [0.05, 0.1) is 24.3 Å². The third-order valence-corrected chi connectivity index (χ3v) is 12.0. The third kappa shape index (κ3) is 15.8. The quantitative estimate of drug-likeness (QED) is 0.0434. The van der Waals surface area contributed by atoms with E-state index in [1.165, 1.54) is 49.9 Å². The molecule has 0 spiro atoms. The molecule has 340 valence electrons. The van der Waals surface area contributed by atoms with Crippen LogP contribution in [0.3, 0.4) is 0 Å². The molecule has 0 radical (unpaired) electrons. The molecule has 1 aromatic heterocycles. The molecule has 8 nitrogen and oxygen atoms in total. The first-order valence-corrected chi connectivity index (χ1v) is 23.9. The lowest BCUT2D eigenvalue weighted by Crippen LogP contribution is -2.15. The van der Waals surface area contributed by atoms with Gasteiger partial charge >= 0.3 is 11.9 Å². The van der Waals surface area contributed by atoms with Crippen LogP contribution in [-0.2, 0) is 0 Å². The van der Waals surface area contributed by atoms with Crippen LogP contribution in [0.2, 0.25) is 0 Å². The van der Waals surface area contributed by atoms with E-state index in [0.717, 1.165) is 47.3 Å². The molecule has 65 heavy (non-hydrogen) atoms. The number of ether oxygens (including phenoxy) is 6. The maximum absolute atomic E-state index is 12.9. The smallest absolute Gasteiger partial charge is 0.343 e. The van der Waals surface area contributed by atoms with Gasteiger partial charge in [0.25, 0.3) is 0 Å². The maximum Gasteiger partial charge on any atom is 0.343 e. The first-order valence-electron chi connectivity index (χ1n) is 23.1. The van der Waals surface area contributed by atoms with Gasteiger partial charge in [0, 0.05) is 11.1 Å². The Hall–Kier alpha value is -6.16. The first kappa shape index (κ1) is 48.3. The van der Waals surface area contributed by atoms with E-state index in [2.05, 4.69) is 65.2 Å². The molecule has 2 unspecified atom stereocenters. The number of fused-ring (bicyclic) bond motifs is 1. The summed E-state index contributed by atoms with van der Waals surface area (Å²) in [7, 11) is 0. The van der Waals surface area contributed by atoms with Crippen LogP contribution >= 0.6 is 11.3 Å². The number of carbonyl (C=O) groups excluding carboxylic acids is 2. The van der Waals surface area contributed by atoms with Crippen molar-refractivity contribution in [1.82, 2.24) is 0 Å². The fourth-order valence-corrected chi connectivity index (χ4v) is 7.98. The monoisotopic (exact) mass is 894 g/mol. The summed E-state index contributed by atoms with van der Waals surface area (Å²) < 4.78 is 35.1. The van der Waals surface area contributed by atoms with Crippen molar-refractivity contribution < 1.29 is 38.0 Å². The lowest BCUT2D eigenvalue weighted by Gasteiger charge is -2.15. The van der Waals surface area contributed by atoms with Crippen molar-refractivity contribution in [3.63, 3.8) is 0 Å². The standard InChI is InChI=1S/C56H62O8S/c1-39(2)9-7-11-41(5)33-35-59-47-27-19-45(20-28-47)55(57)63-49-23-13-43(14-24-49)17-31-51-53-54(62-38-37-61-53)52(65-51)32-18-44-15-25-50(26-16-44)64-56(58)46-21-29-48(30-22-46)60-36-34-42(6)12-8-10-40(3)4/h13-16,19-30,39-42H,7-12,33-38H2,1-6H3. The van der Waals surface area contributed by atoms with Gasteiger partial charge in [-0.25, -0.2) is 9.59 Å². The largest absolute Gasteiger partial charge is 0.494 e. The second-order valence-electron chi connectivity index (χ2n) is 17.6. The van der Waals surface area contributed by atoms with Crippen LogP contribution in [0.15, 0.2) is 97.1 Å². The van der Waals surface area contributed by atoms with Crippen LogP contribution < -0.4 is 28.4 Å². The molecule has 1 aliphatic heterocycles. The third-order valence-electron chi connectivity index (χ3n) is 11.1. The van der Waals surface area contributed by atoms with Gasteiger partial charge in [-0.05, 0) is 145 Å². The molecule has 1 aliphatic rings. The minimum Gasteiger partial charge on any atom is -0.494 e. The predicted molar refractivity (Wildman–Crippen MR) is 259 cm³/mol. The zero-order valence-corrected chi connectivity index (χ0v) is 39.5. The molecular formula is C56H62O8S. The number of benzene rings is 4. The van der Waals surface area contributed by atoms with E-state index in [9.17, 15) is 9.59 Å². The van der Waals surface area contributed by atoms with Crippen molar-refractivity contribution in [1.29, 1.82) is 0 Å². The van der Waals surface area contributed by atoms with Crippen LogP contribution in [0.4, 0.5) is 0 Å². The number of thiophene rings is 1. The highest BCUT2D eigenvalue weighted by molar-refractivity contribution is 7.13. The number of hydrogen-bond acceptors (Lipinski definition) is 9. The van der Waals surface area contributed by atoms with Crippen LogP contribution in [0.1, 0.15) is 135 Å². The molecule has 2 heterocycles. The van der Waals surface area contributed by atoms with Crippen molar-refractivity contribution in [3.8, 4) is 58.2 Å². The highest BCUT2D eigenvalue weighted by atomic mass is 32.1. The summed E-state index contributed by atoms with van der Waals surface area (Å²) in [4.78, 5) is 27.2. The molecule has 9 heteroatoms. The van der Waals surface area contributed by atoms with Crippen molar-refractivity contribution in [2.24, 2.45) is 23.7 Å². The van der Waals surface area contributed by atoms with Crippen molar-refractivity contribution >= 4 is 23.3 Å². The molecule has 0 amide bonds. The molecule has 0 fully saturated rings. The average Bonchev–Trinajstić information content (AvgIpc) is 3.66. The molecule has 0 saturated heterocycles. The zero-order chi connectivity index (χ0) is 46.0. The predicted octanol–water partition coefficient (Wildman–Crippen LogP) is 13.2. The Morgan fingerprint density at radius 3 is 1.23 bits per heavy atom. The molecule has 0 saturated carbocycles. The van der Waals surface area contributed by atoms with Gasteiger partial charge in [0.1, 0.15) is 46.0 Å². The van der Waals surface area contributed by atoms with E-state index in [-0.39, 0.29) is 0 Å². The second-order valence-corrected chi connectivity index (χ2v) is 18.6. The average molecular weight is 895 g/mol. The topological polar surface area (TPSA) is 89.5 Å². The van der Waals surface area contributed by atoms with E-state index in [4.69, 9.17) is 28.4 Å². The highest BCUT2D eigenvalue weighted by Gasteiger charge is 2.23. The van der Waals surface area contributed by atoms with E-state index >= 15 is 0 Å². The minimum atomic E-state index is -0.448. The minimum absolute atomic E-state index is 0.412. The fourth-order valence-electron chi connectivity index (χ4n) is 7.09. The van der Waals surface area contributed by atoms with Gasteiger partial charge in [0.15, 0.2) is 11.5 Å². The van der Waals surface area contributed by atoms with Crippen molar-refractivity contribution in [2.45, 2.75) is 92.9 Å². The van der Waals surface area contributed by atoms with Gasteiger partial charge < -0.3 is 28.4 Å². The van der Waals surface area contributed by atoms with Crippen LogP contribution in [0, 0.1) is 47.4 Å². The Balaban J connectivity index is 0.975. The number of hydrogen-bond donors (Lipinski definition) is 0. The Labute approximate surface area is 390 Å². The summed E-state index contributed by atoms with van der Waals surface area (Å²) in [6.45, 7) is 15.7. The molecule has 5 aromatic rings. The van der Waals surface area contributed by atoms with Crippen LogP contribution in [0.5, 0.6) is 34.5 Å². The summed E-state index contributed by atoms with van der Waals surface area (Å²) in [5.74, 6) is 18.1. The SMILES string of the molecule is CC(C)CCCC(C)CCOc1ccc(C(=O)Oc2ccc(C#Cc3sc(C#Cc4ccc(OC(=O)c5ccc(OCCC(C)CCCC(C)C)cc5)cc4)c4c3OCCO4)cc2)cc1. The fraction of sp³-hybridized carbons (Fsp3) is 0.393. The zero-order valence-electron chi connectivity index (χ0n) is 38.7. The highest BCUT2D eigenvalue weighted by Crippen LogP contribution is 2.43. The van der Waals surface area contributed by atoms with Gasteiger partial charge in [-0.1, -0.05) is 91.9 Å². The summed E-state index contributed by atoms with van der Waals surface area (Å²) in [5.41, 5.74) is 2.36. The van der Waals surface area contributed by atoms with E-state index in [0.29, 0.717) is 82.1 Å². The van der Waals surface area contributed by atoms with Crippen molar-refractivity contribution in [2.75, 3.05) is 26.4 Å². The summed E-state index contributed by atoms with van der Waals surface area (Å²) >= 11 is 1.40. The molecule has 4 aromatic carbocycles. The lowest BCUT2D eigenvalue weighted by molar-refractivity contribution is 0.0725. The molecule has 2 atom stereocenters. The van der Waals surface area contributed by atoms with Gasteiger partial charge in [0.2, 0.25) is 0 Å². The van der Waals surface area contributed by atoms with E-state index in [1.807, 2.05) is 0 Å². The number of esters is 2. The number of rotatable bonds is 20. The Morgan fingerprint density at radius 2 is 0.862 bits per heavy atom. The molecular weight excluding hydrogens is 833 g/mol. The van der Waals surface area contributed by atoms with Crippen LogP contribution in [-0.4, -0.2) is 38.4 Å². The molecule has 0 bridgehead atoms. The normalized spacial score (nSPS) is 12.6. The van der Waals surface area contributed by atoms with E-state index in [1.54, 1.807) is 97.1 Å². The molecule has 0 N–H and O–H groups in total. The van der Waals surface area contributed by atoms with E-state index < -0.39 is 11.9 Å². The van der Waals surface area contributed by atoms with Crippen LogP contribution in [0.25, 0.3) is 0 Å². The first-order chi connectivity index (χ1) is 31.5. The van der Waals surface area contributed by atoms with Gasteiger partial charge in [-0.2, -0.15) is 0 Å². The molecule has 0 aliphatic carbocycles. The summed E-state index contributed by atoms with van der Waals surface area (Å²) in [6.07, 6.45) is 9.46. The van der Waals surface area contributed by atoms with Gasteiger partial charge in [-0.15, -0.1) is 11.3 Å². The second kappa shape index (κ2) is 24.8. The summed E-state index contributed by atoms with van der Waals surface area (Å²) in [5, 5.41) is 0. The Morgan fingerprint density at radius 1 is 0.492 bits per heavy atom. The Bertz CT molecular complexity index is 2240. The molecule has 6 rings (SSSR count). The lowest BCUT2D eigenvalue weighted by atomic mass is 9.98. The Kier molecular flexibility index (Phi) is 18.4.